The quantitative estimate of drug-likeness (QED) is 0.197. The van der Waals surface area contributed by atoms with E-state index >= 15 is 0 Å². The molecule has 0 atom stereocenters. The van der Waals surface area contributed by atoms with Crippen molar-refractivity contribution in [1.82, 2.24) is 14.7 Å². The van der Waals surface area contributed by atoms with Crippen LogP contribution in [0.5, 0.6) is 5.75 Å². The van der Waals surface area contributed by atoms with Crippen molar-refractivity contribution in [2.75, 3.05) is 6.54 Å². The maximum Gasteiger partial charge on any atom is 0.305 e. The van der Waals surface area contributed by atoms with E-state index in [-0.39, 0.29) is 18.9 Å². The Balaban J connectivity index is 1.43. The van der Waals surface area contributed by atoms with Crippen molar-refractivity contribution in [1.29, 1.82) is 0 Å². The average molecular weight is 556 g/mol. The van der Waals surface area contributed by atoms with E-state index in [1.165, 1.54) is 10.5 Å². The molecule has 39 heavy (non-hydrogen) atoms. The van der Waals surface area contributed by atoms with Gasteiger partial charge in [0.25, 0.3) is 5.91 Å². The number of hydrogen-bond donors (Lipinski definition) is 1. The van der Waals surface area contributed by atoms with Gasteiger partial charge in [-0.15, -0.1) is 0 Å². The predicted molar refractivity (Wildman–Crippen MR) is 157 cm³/mol. The molecule has 3 aromatic carbocycles. The number of aliphatic carboxylic acids is 1. The third-order valence-corrected chi connectivity index (χ3v) is 7.50. The monoisotopic (exact) mass is 555 g/mol. The molecule has 0 unspecified atom stereocenters. The third-order valence-electron chi connectivity index (χ3n) is 6.13. The molecule has 1 aromatic heterocycles. The van der Waals surface area contributed by atoms with Crippen LogP contribution in [0, 0.1) is 6.92 Å². The van der Waals surface area contributed by atoms with Gasteiger partial charge < -0.3 is 9.84 Å². The molecule has 1 aliphatic rings. The molecule has 9 heteroatoms. The molecule has 0 aliphatic carbocycles. The molecule has 2 heterocycles. The minimum absolute atomic E-state index is 0.0392. The SMILES string of the molecule is Cc1ccc(COc2ccc(-c3nn(-c4ccccc4)cc3/C=C3\SC(=S)N(CCC(=O)O)C3=O)cc2)cc1. The fourth-order valence-electron chi connectivity index (χ4n) is 4.03. The summed E-state index contributed by atoms with van der Waals surface area (Å²) in [5.74, 6) is -0.544. The summed E-state index contributed by atoms with van der Waals surface area (Å²) in [5, 5.41) is 13.9. The normalized spacial score (nSPS) is 14.3. The lowest BCUT2D eigenvalue weighted by Gasteiger charge is -2.12. The van der Waals surface area contributed by atoms with E-state index in [9.17, 15) is 9.59 Å². The van der Waals surface area contributed by atoms with E-state index in [0.717, 1.165) is 39.9 Å². The van der Waals surface area contributed by atoms with Crippen LogP contribution in [0.2, 0.25) is 0 Å². The number of aryl methyl sites for hydroxylation is 1. The molecule has 0 bridgehead atoms. The van der Waals surface area contributed by atoms with Crippen molar-refractivity contribution < 1.29 is 19.4 Å². The Hall–Kier alpha value is -4.21. The number of carbonyl (C=O) groups is 2. The van der Waals surface area contributed by atoms with Gasteiger partial charge in [-0.1, -0.05) is 72.0 Å². The van der Waals surface area contributed by atoms with Crippen LogP contribution in [0.3, 0.4) is 0 Å². The number of carboxylic acids is 1. The van der Waals surface area contributed by atoms with Gasteiger partial charge in [0.15, 0.2) is 0 Å². The summed E-state index contributed by atoms with van der Waals surface area (Å²) in [6.07, 6.45) is 3.47. The van der Waals surface area contributed by atoms with Crippen molar-refractivity contribution in [3.05, 3.63) is 107 Å². The maximum absolute atomic E-state index is 13.0. The van der Waals surface area contributed by atoms with Crippen molar-refractivity contribution in [2.45, 2.75) is 20.0 Å². The summed E-state index contributed by atoms with van der Waals surface area (Å²) in [5.41, 5.74) is 5.47. The van der Waals surface area contributed by atoms with Crippen LogP contribution >= 0.6 is 24.0 Å². The summed E-state index contributed by atoms with van der Waals surface area (Å²) >= 11 is 6.52. The van der Waals surface area contributed by atoms with E-state index in [4.69, 9.17) is 27.2 Å². The van der Waals surface area contributed by atoms with Gasteiger partial charge in [0.05, 0.1) is 22.7 Å². The van der Waals surface area contributed by atoms with Gasteiger partial charge >= 0.3 is 5.97 Å². The zero-order valence-corrected chi connectivity index (χ0v) is 22.7. The number of thiocarbonyl (C=S) groups is 1. The minimum Gasteiger partial charge on any atom is -0.489 e. The largest absolute Gasteiger partial charge is 0.489 e. The number of amides is 1. The van der Waals surface area contributed by atoms with Gasteiger partial charge in [-0.05, 0) is 55.0 Å². The van der Waals surface area contributed by atoms with Gasteiger partial charge in [0, 0.05) is 23.9 Å². The van der Waals surface area contributed by atoms with Crippen LogP contribution in [0.1, 0.15) is 23.1 Å². The number of rotatable bonds is 9. The molecule has 196 valence electrons. The number of aromatic nitrogens is 2. The summed E-state index contributed by atoms with van der Waals surface area (Å²) in [7, 11) is 0. The van der Waals surface area contributed by atoms with Gasteiger partial charge in [-0.2, -0.15) is 5.10 Å². The lowest BCUT2D eigenvalue weighted by molar-refractivity contribution is -0.137. The summed E-state index contributed by atoms with van der Waals surface area (Å²) in [4.78, 5) is 25.8. The fraction of sp³-hybridized carbons (Fsp3) is 0.133. The highest BCUT2D eigenvalue weighted by Crippen LogP contribution is 2.35. The lowest BCUT2D eigenvalue weighted by atomic mass is 10.1. The molecule has 5 rings (SSSR count). The topological polar surface area (TPSA) is 84.7 Å². The zero-order chi connectivity index (χ0) is 27.4. The van der Waals surface area contributed by atoms with Crippen molar-refractivity contribution in [2.24, 2.45) is 0 Å². The van der Waals surface area contributed by atoms with E-state index in [1.54, 1.807) is 10.8 Å². The van der Waals surface area contributed by atoms with E-state index in [1.807, 2.05) is 60.8 Å². The van der Waals surface area contributed by atoms with Crippen molar-refractivity contribution in [3.8, 4) is 22.7 Å². The van der Waals surface area contributed by atoms with Gasteiger partial charge in [-0.25, -0.2) is 4.68 Å². The first kappa shape index (κ1) is 26.4. The van der Waals surface area contributed by atoms with Crippen LogP contribution in [-0.4, -0.2) is 42.5 Å². The van der Waals surface area contributed by atoms with E-state index in [0.29, 0.717) is 21.5 Å². The third kappa shape index (κ3) is 6.27. The molecule has 0 saturated carbocycles. The van der Waals surface area contributed by atoms with Crippen LogP contribution in [0.15, 0.2) is 90.0 Å². The van der Waals surface area contributed by atoms with Gasteiger partial charge in [-0.3, -0.25) is 14.5 Å². The molecular formula is C30H25N3O4S2. The number of ether oxygens (including phenoxy) is 1. The highest BCUT2D eigenvalue weighted by Gasteiger charge is 2.32. The molecule has 0 radical (unpaired) electrons. The number of carbonyl (C=O) groups excluding carboxylic acids is 1. The highest BCUT2D eigenvalue weighted by atomic mass is 32.2. The Kier molecular flexibility index (Phi) is 7.90. The van der Waals surface area contributed by atoms with Crippen LogP contribution in [0.25, 0.3) is 23.0 Å². The molecular weight excluding hydrogens is 530 g/mol. The lowest BCUT2D eigenvalue weighted by Crippen LogP contribution is -2.30. The van der Waals surface area contributed by atoms with Gasteiger partial charge in [0.2, 0.25) is 0 Å². The average Bonchev–Trinajstić information content (AvgIpc) is 3.48. The van der Waals surface area contributed by atoms with Crippen LogP contribution in [0.4, 0.5) is 0 Å². The first-order valence-electron chi connectivity index (χ1n) is 12.3. The second-order valence-corrected chi connectivity index (χ2v) is 10.7. The van der Waals surface area contributed by atoms with Crippen LogP contribution in [-0.2, 0) is 16.2 Å². The number of hydrogen-bond acceptors (Lipinski definition) is 6. The van der Waals surface area contributed by atoms with E-state index in [2.05, 4.69) is 31.2 Å². The molecule has 0 spiro atoms. The molecule has 1 aliphatic heterocycles. The summed E-state index contributed by atoms with van der Waals surface area (Å²) in [6, 6.07) is 25.6. The van der Waals surface area contributed by atoms with E-state index < -0.39 is 5.97 Å². The first-order chi connectivity index (χ1) is 18.9. The first-order valence-corrected chi connectivity index (χ1v) is 13.5. The standard InChI is InChI=1S/C30H25N3O4S2/c1-20-7-9-21(10-8-20)19-37-25-13-11-22(12-14-25)28-23(18-33(31-28)24-5-3-2-4-6-24)17-26-29(36)32(30(38)39-26)16-15-27(34)35/h2-14,17-18H,15-16,19H2,1H3,(H,34,35)/b26-17-. The number of carboxylic acid groups (broad SMARTS) is 1. The Bertz CT molecular complexity index is 1550. The Labute approximate surface area is 235 Å². The molecule has 1 fully saturated rings. The van der Waals surface area contributed by atoms with Crippen molar-refractivity contribution in [3.63, 3.8) is 0 Å². The molecule has 7 nitrogen and oxygen atoms in total. The second kappa shape index (κ2) is 11.7. The Morgan fingerprint density at radius 2 is 1.77 bits per heavy atom. The minimum atomic E-state index is -0.981. The van der Waals surface area contributed by atoms with Gasteiger partial charge in [0.1, 0.15) is 16.7 Å². The fourth-order valence-corrected chi connectivity index (χ4v) is 5.33. The number of nitrogens with zero attached hydrogens (tertiary/aromatic N) is 3. The summed E-state index contributed by atoms with van der Waals surface area (Å²) < 4.78 is 8.08. The highest BCUT2D eigenvalue weighted by molar-refractivity contribution is 8.26. The summed E-state index contributed by atoms with van der Waals surface area (Å²) in [6.45, 7) is 2.56. The molecule has 1 saturated heterocycles. The van der Waals surface area contributed by atoms with Crippen LogP contribution < -0.4 is 4.74 Å². The molecule has 1 amide bonds. The second-order valence-electron chi connectivity index (χ2n) is 8.99. The number of para-hydroxylation sites is 1. The number of benzene rings is 3. The molecule has 1 N–H and O–H groups in total. The zero-order valence-electron chi connectivity index (χ0n) is 21.1. The predicted octanol–water partition coefficient (Wildman–Crippen LogP) is 6.10. The number of thioether (sulfide) groups is 1. The smallest absolute Gasteiger partial charge is 0.305 e. The Morgan fingerprint density at radius 3 is 2.46 bits per heavy atom. The van der Waals surface area contributed by atoms with Crippen molar-refractivity contribution >= 4 is 46.3 Å². The molecule has 4 aromatic rings. The maximum atomic E-state index is 13.0. The Morgan fingerprint density at radius 1 is 1.05 bits per heavy atom.